The third kappa shape index (κ3) is 5.33. The first-order chi connectivity index (χ1) is 15.5. The number of oxazole rings is 1. The van der Waals surface area contributed by atoms with Gasteiger partial charge in [-0.05, 0) is 65.9 Å². The van der Waals surface area contributed by atoms with Gasteiger partial charge in [-0.2, -0.15) is 0 Å². The molecule has 0 saturated heterocycles. The van der Waals surface area contributed by atoms with Crippen LogP contribution in [-0.4, -0.2) is 16.0 Å². The molecule has 1 amide bonds. The highest BCUT2D eigenvalue weighted by atomic mass is 16.3. The van der Waals surface area contributed by atoms with Gasteiger partial charge in [-0.15, -0.1) is 0 Å². The lowest BCUT2D eigenvalue weighted by Crippen LogP contribution is -2.16. The molecule has 1 unspecified atom stereocenters. The minimum atomic E-state index is -0.506. The molecular formula is C25H24N4O3. The maximum absolute atomic E-state index is 12.5. The summed E-state index contributed by atoms with van der Waals surface area (Å²) in [5.74, 6) is 0.0980. The van der Waals surface area contributed by atoms with Gasteiger partial charge in [-0.1, -0.05) is 36.4 Å². The zero-order valence-corrected chi connectivity index (χ0v) is 17.4. The van der Waals surface area contributed by atoms with E-state index in [1.54, 1.807) is 24.3 Å². The summed E-state index contributed by atoms with van der Waals surface area (Å²) in [6.45, 7) is 0. The number of aromatic nitrogens is 1. The van der Waals surface area contributed by atoms with Crippen molar-refractivity contribution in [2.24, 2.45) is 5.73 Å². The third-order valence-corrected chi connectivity index (χ3v) is 5.06. The summed E-state index contributed by atoms with van der Waals surface area (Å²) >= 11 is 0. The molecule has 0 aliphatic rings. The molecule has 32 heavy (non-hydrogen) atoms. The van der Waals surface area contributed by atoms with Crippen molar-refractivity contribution in [3.05, 3.63) is 107 Å². The Balaban J connectivity index is 1.35. The van der Waals surface area contributed by atoms with Crippen molar-refractivity contribution >= 4 is 17.3 Å². The van der Waals surface area contributed by atoms with Crippen molar-refractivity contribution in [3.63, 3.8) is 0 Å². The van der Waals surface area contributed by atoms with Crippen LogP contribution in [0.15, 0.2) is 83.5 Å². The minimum Gasteiger partial charge on any atom is -0.508 e. The predicted molar refractivity (Wildman–Crippen MR) is 123 cm³/mol. The number of phenolic OH excluding ortho intramolecular Hbond substituents is 1. The molecule has 1 heterocycles. The van der Waals surface area contributed by atoms with E-state index in [1.165, 1.54) is 6.26 Å². The zero-order chi connectivity index (χ0) is 22.5. The molecule has 162 valence electrons. The summed E-state index contributed by atoms with van der Waals surface area (Å²) in [7, 11) is 0. The quantitative estimate of drug-likeness (QED) is 0.329. The molecule has 0 bridgehead atoms. The van der Waals surface area contributed by atoms with Crippen LogP contribution < -0.4 is 16.8 Å². The highest BCUT2D eigenvalue weighted by Crippen LogP contribution is 2.19. The van der Waals surface area contributed by atoms with Crippen LogP contribution in [0.5, 0.6) is 5.75 Å². The van der Waals surface area contributed by atoms with Crippen LogP contribution >= 0.6 is 0 Å². The number of nitrogen functional groups attached to an aromatic ring is 1. The van der Waals surface area contributed by atoms with Gasteiger partial charge in [0.1, 0.15) is 12.0 Å². The summed E-state index contributed by atoms with van der Waals surface area (Å²) in [5, 5.41) is 12.2. The number of nitrogens with two attached hydrogens (primary N) is 2. The van der Waals surface area contributed by atoms with Gasteiger partial charge < -0.3 is 26.3 Å². The fourth-order valence-electron chi connectivity index (χ4n) is 3.31. The normalized spacial score (nSPS) is 11.8. The van der Waals surface area contributed by atoms with Crippen molar-refractivity contribution in [2.75, 3.05) is 11.1 Å². The van der Waals surface area contributed by atoms with E-state index in [0.29, 0.717) is 12.1 Å². The lowest BCUT2D eigenvalue weighted by molar-refractivity contribution is 0.102. The van der Waals surface area contributed by atoms with E-state index >= 15 is 0 Å². The second kappa shape index (κ2) is 9.36. The SMILES string of the molecule is Nc1ccc(Cc2ccc(NC(=O)c3coc(C(N)Cc4ccc(O)cc4)n3)cc2)cc1. The van der Waals surface area contributed by atoms with Crippen LogP contribution in [0.4, 0.5) is 11.4 Å². The Kier molecular flexibility index (Phi) is 6.19. The molecule has 0 spiro atoms. The number of carbonyl (C=O) groups is 1. The molecule has 0 saturated carbocycles. The van der Waals surface area contributed by atoms with Crippen LogP contribution in [0.25, 0.3) is 0 Å². The van der Waals surface area contributed by atoms with E-state index in [4.69, 9.17) is 15.9 Å². The van der Waals surface area contributed by atoms with Crippen molar-refractivity contribution < 1.29 is 14.3 Å². The summed E-state index contributed by atoms with van der Waals surface area (Å²) < 4.78 is 5.42. The summed E-state index contributed by atoms with van der Waals surface area (Å²) in [6.07, 6.45) is 2.55. The van der Waals surface area contributed by atoms with E-state index in [2.05, 4.69) is 10.3 Å². The highest BCUT2D eigenvalue weighted by molar-refractivity contribution is 6.02. The van der Waals surface area contributed by atoms with Gasteiger partial charge in [0.15, 0.2) is 5.69 Å². The Bertz CT molecular complexity index is 1180. The van der Waals surface area contributed by atoms with Crippen LogP contribution in [0.2, 0.25) is 0 Å². The number of benzene rings is 3. The average Bonchev–Trinajstić information content (AvgIpc) is 3.29. The molecule has 1 atom stereocenters. The lowest BCUT2D eigenvalue weighted by Gasteiger charge is -2.07. The van der Waals surface area contributed by atoms with Gasteiger partial charge in [0.05, 0.1) is 6.04 Å². The fraction of sp³-hybridized carbons (Fsp3) is 0.120. The number of aromatic hydroxyl groups is 1. The molecule has 7 nitrogen and oxygen atoms in total. The standard InChI is InChI=1S/C25H24N4O3/c26-19-7-1-16(2-8-19)13-17-3-9-20(10-4-17)28-24(31)23-15-32-25(29-23)22(27)14-18-5-11-21(30)12-6-18/h1-12,15,22,30H,13-14,26-27H2,(H,28,31). The Hall–Kier alpha value is -4.10. The molecule has 3 aromatic carbocycles. The Morgan fingerprint density at radius 2 is 1.53 bits per heavy atom. The largest absolute Gasteiger partial charge is 0.508 e. The second-order valence-corrected chi connectivity index (χ2v) is 7.62. The lowest BCUT2D eigenvalue weighted by atomic mass is 10.0. The number of rotatable bonds is 7. The van der Waals surface area contributed by atoms with Crippen LogP contribution in [-0.2, 0) is 12.8 Å². The Morgan fingerprint density at radius 3 is 2.19 bits per heavy atom. The number of carbonyl (C=O) groups excluding carboxylic acids is 1. The summed E-state index contributed by atoms with van der Waals surface area (Å²) in [5.41, 5.74) is 16.7. The molecule has 7 heteroatoms. The van der Waals surface area contributed by atoms with Gasteiger partial charge in [0.25, 0.3) is 5.91 Å². The zero-order valence-electron chi connectivity index (χ0n) is 17.4. The first-order valence-corrected chi connectivity index (χ1v) is 10.2. The molecule has 1 aromatic heterocycles. The molecule has 0 aliphatic heterocycles. The molecular weight excluding hydrogens is 404 g/mol. The number of amides is 1. The van der Waals surface area contributed by atoms with Crippen LogP contribution in [0.1, 0.15) is 39.1 Å². The first kappa shape index (κ1) is 21.1. The summed E-state index contributed by atoms with van der Waals surface area (Å²) in [6, 6.07) is 21.6. The smallest absolute Gasteiger partial charge is 0.277 e. The molecule has 0 aliphatic carbocycles. The third-order valence-electron chi connectivity index (χ3n) is 5.06. The average molecular weight is 428 g/mol. The van der Waals surface area contributed by atoms with Crippen LogP contribution in [0, 0.1) is 0 Å². The number of anilines is 2. The van der Waals surface area contributed by atoms with Gasteiger partial charge in [-0.25, -0.2) is 4.98 Å². The second-order valence-electron chi connectivity index (χ2n) is 7.62. The van der Waals surface area contributed by atoms with Crippen LogP contribution in [0.3, 0.4) is 0 Å². The Labute approximate surface area is 185 Å². The van der Waals surface area contributed by atoms with Gasteiger partial charge in [-0.3, -0.25) is 4.79 Å². The summed E-state index contributed by atoms with van der Waals surface area (Å²) in [4.78, 5) is 16.8. The molecule has 4 aromatic rings. The van der Waals surface area contributed by atoms with E-state index in [1.807, 2.05) is 48.5 Å². The fourth-order valence-corrected chi connectivity index (χ4v) is 3.31. The Morgan fingerprint density at radius 1 is 0.938 bits per heavy atom. The number of nitrogens with one attached hydrogen (secondary N) is 1. The van der Waals surface area contributed by atoms with Crippen molar-refractivity contribution in [3.8, 4) is 5.75 Å². The predicted octanol–water partition coefficient (Wildman–Crippen LogP) is 4.05. The molecule has 0 radical (unpaired) electrons. The van der Waals surface area contributed by atoms with Gasteiger partial charge in [0.2, 0.25) is 5.89 Å². The number of hydrogen-bond acceptors (Lipinski definition) is 6. The maximum atomic E-state index is 12.5. The number of nitrogens with zero attached hydrogens (tertiary/aromatic N) is 1. The minimum absolute atomic E-state index is 0.159. The van der Waals surface area contributed by atoms with Crippen molar-refractivity contribution in [2.45, 2.75) is 18.9 Å². The molecule has 4 rings (SSSR count). The monoisotopic (exact) mass is 428 g/mol. The first-order valence-electron chi connectivity index (χ1n) is 10.2. The van der Waals surface area contributed by atoms with E-state index in [-0.39, 0.29) is 23.2 Å². The maximum Gasteiger partial charge on any atom is 0.277 e. The van der Waals surface area contributed by atoms with Crippen molar-refractivity contribution in [1.82, 2.24) is 4.98 Å². The highest BCUT2D eigenvalue weighted by Gasteiger charge is 2.18. The molecule has 6 N–H and O–H groups in total. The van der Waals surface area contributed by atoms with E-state index in [0.717, 1.165) is 28.8 Å². The van der Waals surface area contributed by atoms with E-state index in [9.17, 15) is 9.90 Å². The van der Waals surface area contributed by atoms with E-state index < -0.39 is 6.04 Å². The van der Waals surface area contributed by atoms with Crippen molar-refractivity contribution in [1.29, 1.82) is 0 Å². The van der Waals surface area contributed by atoms with Gasteiger partial charge >= 0.3 is 0 Å². The van der Waals surface area contributed by atoms with Gasteiger partial charge in [0, 0.05) is 11.4 Å². The number of hydrogen-bond donors (Lipinski definition) is 4. The molecule has 0 fully saturated rings. The topological polar surface area (TPSA) is 127 Å². The number of phenols is 1.